The van der Waals surface area contributed by atoms with Gasteiger partial charge in [0.2, 0.25) is 0 Å². The SMILES string of the molecule is COC(=O)c1nc(N)c(Br)cc1Cl. The molecule has 0 saturated heterocycles. The highest BCUT2D eigenvalue weighted by atomic mass is 79.9. The maximum atomic E-state index is 11.1. The number of methoxy groups -OCH3 is 1. The Morgan fingerprint density at radius 2 is 2.38 bits per heavy atom. The van der Waals surface area contributed by atoms with Gasteiger partial charge in [-0.1, -0.05) is 11.6 Å². The Hall–Kier alpha value is -0.810. The van der Waals surface area contributed by atoms with Crippen molar-refractivity contribution in [2.45, 2.75) is 0 Å². The van der Waals surface area contributed by atoms with Gasteiger partial charge in [0.05, 0.1) is 16.6 Å². The van der Waals surface area contributed by atoms with E-state index in [1.165, 1.54) is 13.2 Å². The van der Waals surface area contributed by atoms with Gasteiger partial charge in [0.15, 0.2) is 5.69 Å². The number of carbonyl (C=O) groups is 1. The van der Waals surface area contributed by atoms with Crippen molar-refractivity contribution in [3.8, 4) is 0 Å². The first-order chi connectivity index (χ1) is 6.06. The third-order valence-corrected chi connectivity index (χ3v) is 2.26. The first kappa shape index (κ1) is 10.3. The average Bonchev–Trinajstić information content (AvgIpc) is 2.10. The third kappa shape index (κ3) is 2.10. The summed E-state index contributed by atoms with van der Waals surface area (Å²) in [6.07, 6.45) is 0. The molecule has 1 aromatic heterocycles. The van der Waals surface area contributed by atoms with Crippen molar-refractivity contribution in [2.24, 2.45) is 0 Å². The molecule has 0 fully saturated rings. The normalized spacial score (nSPS) is 9.77. The maximum absolute atomic E-state index is 11.1. The lowest BCUT2D eigenvalue weighted by Gasteiger charge is -2.03. The summed E-state index contributed by atoms with van der Waals surface area (Å²) < 4.78 is 5.00. The zero-order valence-electron chi connectivity index (χ0n) is 6.67. The first-order valence-corrected chi connectivity index (χ1v) is 4.43. The minimum Gasteiger partial charge on any atom is -0.464 e. The number of nitrogens with zero attached hydrogens (tertiary/aromatic N) is 1. The van der Waals surface area contributed by atoms with Gasteiger partial charge in [-0.2, -0.15) is 0 Å². The van der Waals surface area contributed by atoms with E-state index in [1.807, 2.05) is 0 Å². The highest BCUT2D eigenvalue weighted by Crippen LogP contribution is 2.24. The van der Waals surface area contributed by atoms with Crippen molar-refractivity contribution in [1.82, 2.24) is 4.98 Å². The summed E-state index contributed by atoms with van der Waals surface area (Å²) in [5, 5.41) is 0.202. The standard InChI is InChI=1S/C7H6BrClN2O2/c1-13-7(12)5-4(9)2-3(8)6(10)11-5/h2H,1H3,(H2,10,11). The van der Waals surface area contributed by atoms with Gasteiger partial charge in [0.25, 0.3) is 0 Å². The molecule has 4 nitrogen and oxygen atoms in total. The molecule has 1 rings (SSSR count). The van der Waals surface area contributed by atoms with E-state index in [0.29, 0.717) is 4.47 Å². The third-order valence-electron chi connectivity index (χ3n) is 1.34. The second-order valence-electron chi connectivity index (χ2n) is 2.18. The Balaban J connectivity index is 3.23. The number of carbonyl (C=O) groups excluding carboxylic acids is 1. The minimum atomic E-state index is -0.607. The summed E-state index contributed by atoms with van der Waals surface area (Å²) in [6.45, 7) is 0. The van der Waals surface area contributed by atoms with Crippen LogP contribution in [0, 0.1) is 0 Å². The summed E-state index contributed by atoms with van der Waals surface area (Å²) in [6, 6.07) is 1.50. The number of anilines is 1. The van der Waals surface area contributed by atoms with Crippen molar-refractivity contribution >= 4 is 39.3 Å². The van der Waals surface area contributed by atoms with Crippen LogP contribution in [0.5, 0.6) is 0 Å². The van der Waals surface area contributed by atoms with Crippen molar-refractivity contribution in [1.29, 1.82) is 0 Å². The number of nitrogens with two attached hydrogens (primary N) is 1. The molecule has 0 saturated carbocycles. The maximum Gasteiger partial charge on any atom is 0.358 e. The molecule has 0 bridgehead atoms. The van der Waals surface area contributed by atoms with Crippen LogP contribution in [-0.4, -0.2) is 18.1 Å². The minimum absolute atomic E-state index is 0.0184. The summed E-state index contributed by atoms with van der Waals surface area (Å²) in [4.78, 5) is 14.8. The number of nitrogen functional groups attached to an aromatic ring is 1. The van der Waals surface area contributed by atoms with Crippen molar-refractivity contribution < 1.29 is 9.53 Å². The predicted octanol–water partition coefficient (Wildman–Crippen LogP) is 1.87. The Kier molecular flexibility index (Phi) is 3.11. The molecule has 1 heterocycles. The summed E-state index contributed by atoms with van der Waals surface area (Å²) >= 11 is 8.85. The number of aromatic nitrogens is 1. The topological polar surface area (TPSA) is 65.2 Å². The van der Waals surface area contributed by atoms with Gasteiger partial charge in [-0.05, 0) is 22.0 Å². The van der Waals surface area contributed by atoms with Crippen LogP contribution < -0.4 is 5.73 Å². The first-order valence-electron chi connectivity index (χ1n) is 3.26. The fraction of sp³-hybridized carbons (Fsp3) is 0.143. The van der Waals surface area contributed by atoms with E-state index in [2.05, 4.69) is 25.7 Å². The highest BCUT2D eigenvalue weighted by Gasteiger charge is 2.14. The van der Waals surface area contributed by atoms with Gasteiger partial charge in [-0.25, -0.2) is 9.78 Å². The van der Waals surface area contributed by atoms with Crippen LogP contribution in [0.2, 0.25) is 5.02 Å². The van der Waals surface area contributed by atoms with E-state index < -0.39 is 5.97 Å². The van der Waals surface area contributed by atoms with E-state index in [0.717, 1.165) is 0 Å². The summed E-state index contributed by atoms with van der Waals surface area (Å²) in [5.74, 6) is -0.408. The van der Waals surface area contributed by atoms with Crippen molar-refractivity contribution in [3.63, 3.8) is 0 Å². The van der Waals surface area contributed by atoms with E-state index in [-0.39, 0.29) is 16.5 Å². The average molecular weight is 265 g/mol. The molecule has 2 N–H and O–H groups in total. The second-order valence-corrected chi connectivity index (χ2v) is 3.44. The van der Waals surface area contributed by atoms with Gasteiger partial charge in [0, 0.05) is 0 Å². The highest BCUT2D eigenvalue weighted by molar-refractivity contribution is 9.10. The van der Waals surface area contributed by atoms with Crippen LogP contribution in [0.15, 0.2) is 10.5 Å². The Morgan fingerprint density at radius 1 is 1.77 bits per heavy atom. The van der Waals surface area contributed by atoms with Crippen LogP contribution in [-0.2, 0) is 4.74 Å². The van der Waals surface area contributed by atoms with Crippen LogP contribution >= 0.6 is 27.5 Å². The van der Waals surface area contributed by atoms with Crippen molar-refractivity contribution in [2.75, 3.05) is 12.8 Å². The summed E-state index contributed by atoms with van der Waals surface area (Å²) in [5.41, 5.74) is 5.48. The molecule has 6 heteroatoms. The number of hydrogen-bond donors (Lipinski definition) is 1. The second kappa shape index (κ2) is 3.93. The van der Waals surface area contributed by atoms with Gasteiger partial charge in [-0.15, -0.1) is 0 Å². The van der Waals surface area contributed by atoms with E-state index in [4.69, 9.17) is 17.3 Å². The smallest absolute Gasteiger partial charge is 0.358 e. The Labute approximate surface area is 88.2 Å². The molecule has 0 atom stereocenters. The van der Waals surface area contributed by atoms with Crippen LogP contribution in [0.1, 0.15) is 10.5 Å². The molecule has 1 aromatic rings. The number of halogens is 2. The molecular formula is C7H6BrClN2O2. The van der Waals surface area contributed by atoms with Crippen LogP contribution in [0.3, 0.4) is 0 Å². The fourth-order valence-electron chi connectivity index (χ4n) is 0.721. The molecule has 0 radical (unpaired) electrons. The number of hydrogen-bond acceptors (Lipinski definition) is 4. The molecule has 70 valence electrons. The fourth-order valence-corrected chi connectivity index (χ4v) is 1.40. The lowest BCUT2D eigenvalue weighted by molar-refractivity contribution is 0.0594. The van der Waals surface area contributed by atoms with Gasteiger partial charge < -0.3 is 10.5 Å². The number of rotatable bonds is 1. The Morgan fingerprint density at radius 3 is 2.92 bits per heavy atom. The number of ether oxygens (including phenoxy) is 1. The van der Waals surface area contributed by atoms with Gasteiger partial charge in [-0.3, -0.25) is 0 Å². The van der Waals surface area contributed by atoms with Gasteiger partial charge >= 0.3 is 5.97 Å². The summed E-state index contributed by atoms with van der Waals surface area (Å²) in [7, 11) is 1.25. The quantitative estimate of drug-likeness (QED) is 0.787. The molecule has 0 amide bonds. The van der Waals surface area contributed by atoms with Crippen LogP contribution in [0.4, 0.5) is 5.82 Å². The number of esters is 1. The largest absolute Gasteiger partial charge is 0.464 e. The zero-order valence-corrected chi connectivity index (χ0v) is 9.02. The monoisotopic (exact) mass is 264 g/mol. The molecule has 0 aliphatic heterocycles. The molecule has 0 unspecified atom stereocenters. The number of pyridine rings is 1. The van der Waals surface area contributed by atoms with E-state index in [1.54, 1.807) is 0 Å². The molecule has 13 heavy (non-hydrogen) atoms. The Bertz CT molecular complexity index is 357. The molecule has 0 aliphatic carbocycles. The molecule has 0 spiro atoms. The molecule has 0 aliphatic rings. The van der Waals surface area contributed by atoms with Crippen molar-refractivity contribution in [3.05, 3.63) is 21.3 Å². The predicted molar refractivity (Wildman–Crippen MR) is 52.7 cm³/mol. The lowest BCUT2D eigenvalue weighted by atomic mass is 10.3. The molecular weight excluding hydrogens is 259 g/mol. The van der Waals surface area contributed by atoms with E-state index >= 15 is 0 Å². The lowest BCUT2D eigenvalue weighted by Crippen LogP contribution is -2.07. The molecule has 0 aromatic carbocycles. The zero-order chi connectivity index (χ0) is 10.0. The van der Waals surface area contributed by atoms with Gasteiger partial charge in [0.1, 0.15) is 5.82 Å². The van der Waals surface area contributed by atoms with Crippen LogP contribution in [0.25, 0.3) is 0 Å². The van der Waals surface area contributed by atoms with E-state index in [9.17, 15) is 4.79 Å².